The summed E-state index contributed by atoms with van der Waals surface area (Å²) in [7, 11) is -4.84. The summed E-state index contributed by atoms with van der Waals surface area (Å²) in [5, 5.41) is 0. The van der Waals surface area contributed by atoms with E-state index in [2.05, 4.69) is 0 Å². The third-order valence-electron chi connectivity index (χ3n) is 6.33. The minimum Gasteiger partial charge on any atom is -0.465 e. The number of halogens is 3. The largest absolute Gasteiger partial charge is 0.465 e. The topological polar surface area (TPSA) is 107 Å². The second-order valence-electron chi connectivity index (χ2n) is 9.75. The fourth-order valence-corrected chi connectivity index (χ4v) is 6.43. The highest BCUT2D eigenvalue weighted by Gasteiger charge is 2.63. The molecule has 0 aromatic rings. The summed E-state index contributed by atoms with van der Waals surface area (Å²) < 4.78 is 67.7. The van der Waals surface area contributed by atoms with Crippen molar-refractivity contribution in [3.8, 4) is 0 Å². The monoisotopic (exact) mass is 564 g/mol. The maximum Gasteiger partial charge on any atom is 0.322 e. The Bertz CT molecular complexity index is 807. The molecule has 2 unspecified atom stereocenters. The van der Waals surface area contributed by atoms with Crippen LogP contribution in [0.1, 0.15) is 58.8 Å². The zero-order valence-corrected chi connectivity index (χ0v) is 19.9. The van der Waals surface area contributed by atoms with Crippen LogP contribution in [0.25, 0.3) is 0 Å². The molecular formula is C19H27F2IO7S. The normalized spacial score (nSPS) is 33.4. The van der Waals surface area contributed by atoms with Crippen molar-refractivity contribution in [3.63, 3.8) is 0 Å². The fourth-order valence-electron chi connectivity index (χ4n) is 5.64. The molecule has 0 aromatic heterocycles. The third-order valence-corrected chi connectivity index (χ3v) is 7.56. The maximum absolute atomic E-state index is 13.7. The lowest BCUT2D eigenvalue weighted by atomic mass is 9.48. The van der Waals surface area contributed by atoms with Gasteiger partial charge in [0, 0.05) is 12.8 Å². The van der Waals surface area contributed by atoms with Gasteiger partial charge in [-0.3, -0.25) is 14.1 Å². The number of alkyl halides is 3. The Kier molecular flexibility index (Phi) is 6.25. The van der Waals surface area contributed by atoms with Crippen molar-refractivity contribution in [3.05, 3.63) is 0 Å². The molecule has 0 saturated heterocycles. The highest BCUT2D eigenvalue weighted by Crippen LogP contribution is 2.63. The minimum absolute atomic E-state index is 0.213. The summed E-state index contributed by atoms with van der Waals surface area (Å²) >= 11 is 2.02. The number of hydrogen-bond acceptors (Lipinski definition) is 6. The van der Waals surface area contributed by atoms with Gasteiger partial charge in [0.25, 0.3) is 16.0 Å². The molecular weight excluding hydrogens is 537 g/mol. The lowest BCUT2D eigenvalue weighted by Gasteiger charge is -2.60. The molecule has 30 heavy (non-hydrogen) atoms. The van der Waals surface area contributed by atoms with E-state index in [0.717, 1.165) is 6.42 Å². The smallest absolute Gasteiger partial charge is 0.322 e. The van der Waals surface area contributed by atoms with Crippen LogP contribution in [0.3, 0.4) is 0 Å². The number of hydrogen-bond donors (Lipinski definition) is 1. The van der Waals surface area contributed by atoms with Crippen LogP contribution < -0.4 is 0 Å². The number of rotatable bonds is 8. The van der Waals surface area contributed by atoms with Gasteiger partial charge in [-0.15, -0.1) is 0 Å². The van der Waals surface area contributed by atoms with Crippen molar-refractivity contribution in [2.24, 2.45) is 17.3 Å². The van der Waals surface area contributed by atoms with E-state index in [-0.39, 0.29) is 17.8 Å². The summed E-state index contributed by atoms with van der Waals surface area (Å²) in [6, 6.07) is 0. The number of carbonyl (C=O) groups is 2. The van der Waals surface area contributed by atoms with Gasteiger partial charge in [0.15, 0.2) is 0 Å². The fraction of sp³-hybridized carbons (Fsp3) is 0.895. The predicted octanol–water partition coefficient (Wildman–Crippen LogP) is 3.54. The van der Waals surface area contributed by atoms with E-state index in [1.807, 2.05) is 22.6 Å². The van der Waals surface area contributed by atoms with E-state index in [1.165, 1.54) is 0 Å². The van der Waals surface area contributed by atoms with E-state index in [9.17, 15) is 26.8 Å². The second kappa shape index (κ2) is 7.79. The van der Waals surface area contributed by atoms with Gasteiger partial charge >= 0.3 is 11.9 Å². The molecule has 0 aliphatic heterocycles. The van der Waals surface area contributed by atoms with Crippen LogP contribution >= 0.6 is 22.6 Å². The van der Waals surface area contributed by atoms with Crippen LogP contribution in [0, 0.1) is 17.3 Å². The molecule has 7 nitrogen and oxygen atoms in total. The average Bonchev–Trinajstić information content (AvgIpc) is 2.49. The van der Waals surface area contributed by atoms with Gasteiger partial charge in [-0.05, 0) is 57.8 Å². The lowest BCUT2D eigenvalue weighted by molar-refractivity contribution is -0.214. The van der Waals surface area contributed by atoms with Crippen molar-refractivity contribution < 1.29 is 40.8 Å². The highest BCUT2D eigenvalue weighted by atomic mass is 127. The Morgan fingerprint density at radius 2 is 1.73 bits per heavy atom. The molecule has 2 atom stereocenters. The standard InChI is InChI=1S/C19H27F2IO7S/c1-16(2,22)14(23)29-18-8-12-5-13(9-18)7-17(6-12,10-18)15(24)28-4-3-19(20,21)11-30(25,26)27/h12-13H,3-11H2,1-2H3,(H,25,26,27). The summed E-state index contributed by atoms with van der Waals surface area (Å²) in [5.74, 6) is -5.91. The summed E-state index contributed by atoms with van der Waals surface area (Å²) in [6.07, 6.45) is 2.84. The van der Waals surface area contributed by atoms with Crippen LogP contribution in [0.4, 0.5) is 8.78 Å². The van der Waals surface area contributed by atoms with Crippen LogP contribution in [0.2, 0.25) is 0 Å². The van der Waals surface area contributed by atoms with Crippen molar-refractivity contribution >= 4 is 44.6 Å². The highest BCUT2D eigenvalue weighted by molar-refractivity contribution is 14.1. The van der Waals surface area contributed by atoms with Crippen LogP contribution in [-0.2, 0) is 29.2 Å². The average molecular weight is 564 g/mol. The molecule has 0 heterocycles. The van der Waals surface area contributed by atoms with E-state index >= 15 is 0 Å². The Hall–Kier alpha value is -0.560. The van der Waals surface area contributed by atoms with Crippen molar-refractivity contribution in [2.75, 3.05) is 12.4 Å². The van der Waals surface area contributed by atoms with Gasteiger partial charge in [0.2, 0.25) is 0 Å². The van der Waals surface area contributed by atoms with E-state index in [0.29, 0.717) is 32.1 Å². The Labute approximate surface area is 188 Å². The quantitative estimate of drug-likeness (QED) is 0.208. The van der Waals surface area contributed by atoms with E-state index in [1.54, 1.807) is 13.8 Å². The number of carbonyl (C=O) groups excluding carboxylic acids is 2. The Balaban J connectivity index is 1.67. The summed E-state index contributed by atoms with van der Waals surface area (Å²) in [5.41, 5.74) is -1.59. The summed E-state index contributed by atoms with van der Waals surface area (Å²) in [6.45, 7) is 2.87. The minimum atomic E-state index is -4.84. The molecule has 4 aliphatic rings. The molecule has 4 saturated carbocycles. The van der Waals surface area contributed by atoms with Crippen LogP contribution in [0.5, 0.6) is 0 Å². The first kappa shape index (κ1) is 24.1. The predicted molar refractivity (Wildman–Crippen MR) is 111 cm³/mol. The number of esters is 2. The molecule has 1 N–H and O–H groups in total. The van der Waals surface area contributed by atoms with Gasteiger partial charge < -0.3 is 9.47 Å². The molecule has 4 rings (SSSR count). The van der Waals surface area contributed by atoms with Gasteiger partial charge in [0.1, 0.15) is 14.8 Å². The van der Waals surface area contributed by atoms with Crippen molar-refractivity contribution in [1.29, 1.82) is 0 Å². The summed E-state index contributed by atoms with van der Waals surface area (Å²) in [4.78, 5) is 25.4. The zero-order chi connectivity index (χ0) is 22.6. The molecule has 0 spiro atoms. The van der Waals surface area contributed by atoms with Gasteiger partial charge in [0.05, 0.1) is 12.0 Å². The lowest BCUT2D eigenvalue weighted by Crippen LogP contribution is -2.60. The molecule has 4 aliphatic carbocycles. The third kappa shape index (κ3) is 5.43. The first-order valence-corrected chi connectivity index (χ1v) is 12.6. The first-order valence-electron chi connectivity index (χ1n) is 9.96. The van der Waals surface area contributed by atoms with E-state index in [4.69, 9.17) is 14.0 Å². The molecule has 11 heteroatoms. The van der Waals surface area contributed by atoms with Gasteiger partial charge in [-0.2, -0.15) is 8.42 Å². The molecule has 4 fully saturated rings. The van der Waals surface area contributed by atoms with Crippen LogP contribution in [0.15, 0.2) is 0 Å². The van der Waals surface area contributed by atoms with Gasteiger partial charge in [-0.25, -0.2) is 8.78 Å². The van der Waals surface area contributed by atoms with E-state index < -0.39 is 55.2 Å². The molecule has 0 amide bonds. The zero-order valence-electron chi connectivity index (χ0n) is 17.0. The number of ether oxygens (including phenoxy) is 2. The molecule has 0 radical (unpaired) electrons. The van der Waals surface area contributed by atoms with Crippen molar-refractivity contribution in [2.45, 2.75) is 73.7 Å². The second-order valence-corrected chi connectivity index (χ2v) is 13.9. The molecule has 172 valence electrons. The first-order chi connectivity index (χ1) is 13.5. The Morgan fingerprint density at radius 1 is 1.17 bits per heavy atom. The molecule has 0 aromatic carbocycles. The van der Waals surface area contributed by atoms with Gasteiger partial charge in [-0.1, -0.05) is 22.6 Å². The van der Waals surface area contributed by atoms with Crippen molar-refractivity contribution in [1.82, 2.24) is 0 Å². The maximum atomic E-state index is 13.7. The Morgan fingerprint density at radius 3 is 2.23 bits per heavy atom. The molecule has 4 bridgehead atoms. The SMILES string of the molecule is CC(C)(I)C(=O)OC12CC3CC(C1)CC(C(=O)OCCC(F)(F)CS(=O)(=O)O)(C3)C2. The van der Waals surface area contributed by atoms with Crippen LogP contribution in [-0.4, -0.2) is 52.2 Å².